The average molecular weight is 555 g/mol. The molecule has 1 aromatic rings. The Morgan fingerprint density at radius 3 is 2.55 bits per heavy atom. The summed E-state index contributed by atoms with van der Waals surface area (Å²) in [6.07, 6.45) is 6.23. The van der Waals surface area contributed by atoms with Crippen molar-refractivity contribution in [2.24, 2.45) is 17.8 Å². The van der Waals surface area contributed by atoms with Crippen LogP contribution in [-0.2, 0) is 23.9 Å². The third-order valence-corrected chi connectivity index (χ3v) is 8.89. The second kappa shape index (κ2) is 12.1. The average Bonchev–Trinajstić information content (AvgIpc) is 3.46. The van der Waals surface area contributed by atoms with Gasteiger partial charge in [0, 0.05) is 25.4 Å². The van der Waals surface area contributed by atoms with Gasteiger partial charge in [0.25, 0.3) is 5.91 Å². The van der Waals surface area contributed by atoms with E-state index in [0.717, 1.165) is 0 Å². The fourth-order valence-corrected chi connectivity index (χ4v) is 6.88. The highest BCUT2D eigenvalue weighted by Crippen LogP contribution is 2.65. The molecule has 6 atom stereocenters. The van der Waals surface area contributed by atoms with Gasteiger partial charge < -0.3 is 29.1 Å². The van der Waals surface area contributed by atoms with Gasteiger partial charge in [-0.05, 0) is 69.2 Å². The maximum atomic E-state index is 14.6. The summed E-state index contributed by atoms with van der Waals surface area (Å²) in [4.78, 5) is 45.5. The molecule has 1 N–H and O–H groups in total. The van der Waals surface area contributed by atoms with Gasteiger partial charge in [0.2, 0.25) is 5.91 Å². The second-order valence-electron chi connectivity index (χ2n) is 11.2. The zero-order valence-electron chi connectivity index (χ0n) is 23.8. The minimum atomic E-state index is -1.16. The molecule has 2 amide bonds. The summed E-state index contributed by atoms with van der Waals surface area (Å²) in [7, 11) is 1.58. The lowest BCUT2D eigenvalue weighted by Crippen LogP contribution is -2.57. The van der Waals surface area contributed by atoms with E-state index in [1.807, 2.05) is 13.8 Å². The number of nitrogens with zero attached hydrogens (tertiary/aromatic N) is 2. The predicted molar refractivity (Wildman–Crippen MR) is 151 cm³/mol. The van der Waals surface area contributed by atoms with Gasteiger partial charge in [-0.2, -0.15) is 0 Å². The first-order valence-electron chi connectivity index (χ1n) is 14.2. The number of methoxy groups -OCH3 is 1. The first-order valence-corrected chi connectivity index (χ1v) is 14.2. The van der Waals surface area contributed by atoms with Crippen molar-refractivity contribution in [3.05, 3.63) is 49.6 Å². The zero-order valence-corrected chi connectivity index (χ0v) is 23.8. The molecule has 0 saturated carbocycles. The number of aliphatic hydroxyl groups is 1. The van der Waals surface area contributed by atoms with Crippen LogP contribution >= 0.6 is 0 Å². The first kappa shape index (κ1) is 29.8. The number of esters is 1. The van der Waals surface area contributed by atoms with Gasteiger partial charge in [-0.25, -0.2) is 0 Å². The van der Waals surface area contributed by atoms with Crippen molar-refractivity contribution in [1.29, 1.82) is 0 Å². The quantitative estimate of drug-likeness (QED) is 0.213. The molecule has 0 aromatic heterocycles. The highest BCUT2D eigenvalue weighted by atomic mass is 16.6. The van der Waals surface area contributed by atoms with Crippen LogP contribution in [0.3, 0.4) is 0 Å². The van der Waals surface area contributed by atoms with Crippen LogP contribution in [0.1, 0.15) is 46.0 Å². The molecular formula is C31H42N2O7. The van der Waals surface area contributed by atoms with Crippen LogP contribution in [0, 0.1) is 17.8 Å². The van der Waals surface area contributed by atoms with Crippen molar-refractivity contribution in [3.63, 3.8) is 0 Å². The molecule has 9 heteroatoms. The summed E-state index contributed by atoms with van der Waals surface area (Å²) in [6.45, 7) is 12.2. The smallest absolute Gasteiger partial charge is 0.312 e. The number of rotatable bonds is 14. The fourth-order valence-electron chi connectivity index (χ4n) is 6.88. The lowest BCUT2D eigenvalue weighted by atomic mass is 9.62. The molecule has 3 saturated heterocycles. The van der Waals surface area contributed by atoms with Crippen molar-refractivity contribution >= 4 is 23.5 Å². The summed E-state index contributed by atoms with van der Waals surface area (Å²) < 4.78 is 17.7. The molecule has 218 valence electrons. The van der Waals surface area contributed by atoms with Crippen LogP contribution in [-0.4, -0.2) is 78.4 Å². The molecule has 1 aromatic carbocycles. The number of unbranched alkanes of at least 4 members (excludes halogenated alkanes) is 2. The van der Waals surface area contributed by atoms with Gasteiger partial charge in [-0.3, -0.25) is 14.4 Å². The number of amides is 2. The predicted octanol–water partition coefficient (Wildman–Crippen LogP) is 3.51. The summed E-state index contributed by atoms with van der Waals surface area (Å²) in [5, 5.41) is 9.27. The monoisotopic (exact) mass is 554 g/mol. The highest BCUT2D eigenvalue weighted by molar-refractivity contribution is 6.04. The van der Waals surface area contributed by atoms with Gasteiger partial charge >= 0.3 is 5.97 Å². The molecule has 0 aliphatic carbocycles. The molecule has 2 bridgehead atoms. The molecule has 1 spiro atoms. The number of hydrogen-bond donors (Lipinski definition) is 1. The Labute approximate surface area is 236 Å². The second-order valence-corrected chi connectivity index (χ2v) is 11.2. The van der Waals surface area contributed by atoms with Crippen molar-refractivity contribution < 1.29 is 33.7 Å². The first-order chi connectivity index (χ1) is 19.2. The van der Waals surface area contributed by atoms with E-state index in [4.69, 9.17) is 14.2 Å². The third kappa shape index (κ3) is 4.94. The van der Waals surface area contributed by atoms with Crippen LogP contribution in [0.15, 0.2) is 49.6 Å². The number of carbonyl (C=O) groups is 3. The number of carbonyl (C=O) groups excluding carboxylic acids is 3. The van der Waals surface area contributed by atoms with Gasteiger partial charge in [0.15, 0.2) is 0 Å². The number of hydrogen-bond acceptors (Lipinski definition) is 7. The van der Waals surface area contributed by atoms with Crippen LogP contribution in [0.4, 0.5) is 5.69 Å². The summed E-state index contributed by atoms with van der Waals surface area (Å²) in [5.41, 5.74) is -1.45. The topological polar surface area (TPSA) is 106 Å². The van der Waals surface area contributed by atoms with E-state index in [2.05, 4.69) is 13.2 Å². The van der Waals surface area contributed by atoms with Crippen molar-refractivity contribution in [3.8, 4) is 5.75 Å². The van der Waals surface area contributed by atoms with Gasteiger partial charge in [-0.15, -0.1) is 13.2 Å². The normalized spacial score (nSPS) is 30.2. The van der Waals surface area contributed by atoms with Crippen LogP contribution < -0.4 is 9.64 Å². The number of likely N-dealkylation sites (tertiary alicyclic amines) is 1. The summed E-state index contributed by atoms with van der Waals surface area (Å²) in [5.74, 6) is -2.06. The van der Waals surface area contributed by atoms with E-state index in [9.17, 15) is 19.5 Å². The standard InChI is InChI=1S/C31H42N2O7/c1-6-8-19-39-29(37)25-24-27(35)33(17-10-9-11-18-34)26(31(24)20-21(3)30(25,4)40-31)28(36)32(16-7-2)22-12-14-23(38-5)15-13-22/h6-7,12-15,21,24-26,34H,1-2,8-11,16-20H2,3-5H3/t21?,24-,25-,26?,30+,31?/m0/s1. The van der Waals surface area contributed by atoms with E-state index in [-0.39, 0.29) is 37.5 Å². The Morgan fingerprint density at radius 2 is 1.93 bits per heavy atom. The Balaban J connectivity index is 1.75. The number of aliphatic hydroxyl groups excluding tert-OH is 1. The largest absolute Gasteiger partial charge is 0.497 e. The summed E-state index contributed by atoms with van der Waals surface area (Å²) in [6, 6.07) is 6.24. The molecule has 40 heavy (non-hydrogen) atoms. The fraction of sp³-hybridized carbons (Fsp3) is 0.581. The van der Waals surface area contributed by atoms with E-state index in [1.165, 1.54) is 0 Å². The highest BCUT2D eigenvalue weighted by Gasteiger charge is 2.80. The van der Waals surface area contributed by atoms with Crippen LogP contribution in [0.25, 0.3) is 0 Å². The van der Waals surface area contributed by atoms with Crippen molar-refractivity contribution in [2.75, 3.05) is 38.3 Å². The lowest BCUT2D eigenvalue weighted by Gasteiger charge is -2.37. The SMILES string of the molecule is C=CCCOC(=O)[C@@H]1[C@H]2C(=O)N(CCCCCO)C(C(=O)N(CC=C)c3ccc(OC)cc3)C23CC(C)[C@@]1(C)O3. The zero-order chi connectivity index (χ0) is 29.1. The Bertz CT molecular complexity index is 1120. The molecular weight excluding hydrogens is 512 g/mol. The Hall–Kier alpha value is -3.17. The van der Waals surface area contributed by atoms with E-state index in [0.29, 0.717) is 50.1 Å². The van der Waals surface area contributed by atoms with Gasteiger partial charge in [-0.1, -0.05) is 19.1 Å². The van der Waals surface area contributed by atoms with E-state index < -0.39 is 35.0 Å². The van der Waals surface area contributed by atoms with Crippen LogP contribution in [0.5, 0.6) is 5.75 Å². The molecule has 3 heterocycles. The number of anilines is 1. The van der Waals surface area contributed by atoms with E-state index >= 15 is 0 Å². The molecule has 3 aliphatic rings. The van der Waals surface area contributed by atoms with Crippen molar-refractivity contribution in [2.45, 2.75) is 63.2 Å². The Kier molecular flexibility index (Phi) is 9.05. The number of fused-ring (bicyclic) bond motifs is 1. The van der Waals surface area contributed by atoms with Gasteiger partial charge in [0.1, 0.15) is 23.3 Å². The molecule has 4 rings (SSSR count). The minimum absolute atomic E-state index is 0.0606. The lowest BCUT2D eigenvalue weighted by molar-refractivity contribution is -0.161. The van der Waals surface area contributed by atoms with E-state index in [1.54, 1.807) is 53.3 Å². The molecule has 9 nitrogen and oxygen atoms in total. The Morgan fingerprint density at radius 1 is 1.20 bits per heavy atom. The molecule has 3 aliphatic heterocycles. The third-order valence-electron chi connectivity index (χ3n) is 8.89. The summed E-state index contributed by atoms with van der Waals surface area (Å²) >= 11 is 0. The maximum Gasteiger partial charge on any atom is 0.312 e. The molecule has 0 radical (unpaired) electrons. The number of ether oxygens (including phenoxy) is 3. The number of benzene rings is 1. The minimum Gasteiger partial charge on any atom is -0.497 e. The van der Waals surface area contributed by atoms with Gasteiger partial charge in [0.05, 0.1) is 25.2 Å². The van der Waals surface area contributed by atoms with Crippen molar-refractivity contribution in [1.82, 2.24) is 4.90 Å². The maximum absolute atomic E-state index is 14.6. The van der Waals surface area contributed by atoms with Crippen LogP contribution in [0.2, 0.25) is 0 Å². The molecule has 3 unspecified atom stereocenters. The molecule has 3 fully saturated rings.